The van der Waals surface area contributed by atoms with E-state index in [0.717, 1.165) is 45.7 Å². The van der Waals surface area contributed by atoms with Gasteiger partial charge in [0, 0.05) is 31.6 Å². The SMILES string of the molecule is CC(C)C(CNC(=O)C1CC1)N1CCOCC1. The van der Waals surface area contributed by atoms with Gasteiger partial charge in [-0.25, -0.2) is 0 Å². The van der Waals surface area contributed by atoms with Crippen molar-refractivity contribution in [3.8, 4) is 0 Å². The molecule has 1 aliphatic heterocycles. The summed E-state index contributed by atoms with van der Waals surface area (Å²) < 4.78 is 5.37. The Kier molecular flexibility index (Phi) is 4.40. The lowest BCUT2D eigenvalue weighted by Crippen LogP contribution is -2.51. The Morgan fingerprint density at radius 3 is 2.53 bits per heavy atom. The zero-order valence-corrected chi connectivity index (χ0v) is 10.9. The van der Waals surface area contributed by atoms with Crippen LogP contribution in [0.1, 0.15) is 26.7 Å². The molecule has 1 N–H and O–H groups in total. The molecule has 1 unspecified atom stereocenters. The van der Waals surface area contributed by atoms with Crippen molar-refractivity contribution in [2.75, 3.05) is 32.8 Å². The van der Waals surface area contributed by atoms with Gasteiger partial charge in [-0.2, -0.15) is 0 Å². The van der Waals surface area contributed by atoms with Crippen LogP contribution >= 0.6 is 0 Å². The van der Waals surface area contributed by atoms with Crippen molar-refractivity contribution in [2.45, 2.75) is 32.7 Å². The summed E-state index contributed by atoms with van der Waals surface area (Å²) in [7, 11) is 0. The third-order valence-corrected chi connectivity index (χ3v) is 3.72. The summed E-state index contributed by atoms with van der Waals surface area (Å²) in [6, 6.07) is 0.446. The van der Waals surface area contributed by atoms with E-state index in [0.29, 0.717) is 17.9 Å². The molecule has 17 heavy (non-hydrogen) atoms. The predicted octanol–water partition coefficient (Wildman–Crippen LogP) is 0.869. The summed E-state index contributed by atoms with van der Waals surface area (Å²) in [6.07, 6.45) is 2.16. The number of ether oxygens (including phenoxy) is 1. The second kappa shape index (κ2) is 5.83. The third kappa shape index (κ3) is 3.68. The molecule has 4 heteroatoms. The highest BCUT2D eigenvalue weighted by Crippen LogP contribution is 2.28. The van der Waals surface area contributed by atoms with Crippen LogP contribution in [0, 0.1) is 11.8 Å². The number of carbonyl (C=O) groups excluding carboxylic acids is 1. The highest BCUT2D eigenvalue weighted by Gasteiger charge is 2.31. The molecule has 1 aliphatic carbocycles. The fourth-order valence-electron chi connectivity index (χ4n) is 2.39. The molecule has 0 aromatic carbocycles. The number of morpholine rings is 1. The van der Waals surface area contributed by atoms with Crippen LogP contribution in [0.25, 0.3) is 0 Å². The topological polar surface area (TPSA) is 41.6 Å². The van der Waals surface area contributed by atoms with Crippen LogP contribution < -0.4 is 5.32 Å². The monoisotopic (exact) mass is 240 g/mol. The van der Waals surface area contributed by atoms with Crippen molar-refractivity contribution < 1.29 is 9.53 Å². The second-order valence-electron chi connectivity index (χ2n) is 5.48. The number of nitrogens with one attached hydrogen (secondary N) is 1. The van der Waals surface area contributed by atoms with Crippen molar-refractivity contribution in [1.29, 1.82) is 0 Å². The zero-order chi connectivity index (χ0) is 12.3. The first-order valence-corrected chi connectivity index (χ1v) is 6.78. The lowest BCUT2D eigenvalue weighted by atomic mass is 10.0. The maximum atomic E-state index is 11.7. The molecule has 2 rings (SSSR count). The van der Waals surface area contributed by atoms with E-state index in [9.17, 15) is 4.79 Å². The zero-order valence-electron chi connectivity index (χ0n) is 10.9. The Bertz CT molecular complexity index is 258. The fourth-order valence-corrected chi connectivity index (χ4v) is 2.39. The summed E-state index contributed by atoms with van der Waals surface area (Å²) >= 11 is 0. The van der Waals surface area contributed by atoms with Crippen LogP contribution in [0.2, 0.25) is 0 Å². The number of carbonyl (C=O) groups is 1. The maximum absolute atomic E-state index is 11.7. The maximum Gasteiger partial charge on any atom is 0.223 e. The quantitative estimate of drug-likeness (QED) is 0.775. The second-order valence-corrected chi connectivity index (χ2v) is 5.48. The van der Waals surface area contributed by atoms with Crippen molar-refractivity contribution in [3.63, 3.8) is 0 Å². The van der Waals surface area contributed by atoms with E-state index in [1.807, 2.05) is 0 Å². The highest BCUT2D eigenvalue weighted by molar-refractivity contribution is 5.80. The van der Waals surface area contributed by atoms with E-state index in [1.54, 1.807) is 0 Å². The van der Waals surface area contributed by atoms with E-state index in [4.69, 9.17) is 4.74 Å². The van der Waals surface area contributed by atoms with Crippen molar-refractivity contribution in [3.05, 3.63) is 0 Å². The first kappa shape index (κ1) is 12.8. The van der Waals surface area contributed by atoms with E-state index in [-0.39, 0.29) is 5.91 Å². The largest absolute Gasteiger partial charge is 0.379 e. The third-order valence-electron chi connectivity index (χ3n) is 3.72. The molecule has 1 saturated heterocycles. The first-order chi connectivity index (χ1) is 8.18. The normalized spacial score (nSPS) is 23.7. The molecule has 0 aromatic heterocycles. The van der Waals surface area contributed by atoms with Gasteiger partial charge in [-0.1, -0.05) is 13.8 Å². The number of amides is 1. The lowest BCUT2D eigenvalue weighted by Gasteiger charge is -2.36. The molecule has 0 aromatic rings. The average Bonchev–Trinajstić information content (AvgIpc) is 3.14. The van der Waals surface area contributed by atoms with Gasteiger partial charge in [0.15, 0.2) is 0 Å². The number of hydrogen-bond acceptors (Lipinski definition) is 3. The molecule has 0 bridgehead atoms. The van der Waals surface area contributed by atoms with E-state index in [2.05, 4.69) is 24.1 Å². The molecule has 2 aliphatic rings. The van der Waals surface area contributed by atoms with Gasteiger partial charge < -0.3 is 10.1 Å². The minimum atomic E-state index is 0.254. The Morgan fingerprint density at radius 1 is 1.35 bits per heavy atom. The molecule has 1 saturated carbocycles. The van der Waals surface area contributed by atoms with Crippen molar-refractivity contribution in [1.82, 2.24) is 10.2 Å². The Balaban J connectivity index is 1.80. The standard InChI is InChI=1S/C13H24N2O2/c1-10(2)12(15-5-7-17-8-6-15)9-14-13(16)11-3-4-11/h10-12H,3-9H2,1-2H3,(H,14,16). The van der Waals surface area contributed by atoms with Crippen LogP contribution in [-0.2, 0) is 9.53 Å². The molecule has 0 radical (unpaired) electrons. The van der Waals surface area contributed by atoms with Gasteiger partial charge in [0.2, 0.25) is 5.91 Å². The minimum absolute atomic E-state index is 0.254. The molecule has 1 atom stereocenters. The van der Waals surface area contributed by atoms with Gasteiger partial charge in [-0.15, -0.1) is 0 Å². The smallest absolute Gasteiger partial charge is 0.223 e. The number of rotatable bonds is 5. The van der Waals surface area contributed by atoms with Gasteiger partial charge in [0.1, 0.15) is 0 Å². The molecule has 1 amide bonds. The molecule has 2 fully saturated rings. The predicted molar refractivity (Wildman–Crippen MR) is 66.8 cm³/mol. The fraction of sp³-hybridized carbons (Fsp3) is 0.923. The van der Waals surface area contributed by atoms with Crippen LogP contribution in [0.15, 0.2) is 0 Å². The van der Waals surface area contributed by atoms with Crippen molar-refractivity contribution in [2.24, 2.45) is 11.8 Å². The number of hydrogen-bond donors (Lipinski definition) is 1. The van der Waals surface area contributed by atoms with E-state index < -0.39 is 0 Å². The highest BCUT2D eigenvalue weighted by atomic mass is 16.5. The summed E-state index contributed by atoms with van der Waals surface area (Å²) in [6.45, 7) is 8.85. The summed E-state index contributed by atoms with van der Waals surface area (Å²) in [5.41, 5.74) is 0. The van der Waals surface area contributed by atoms with Gasteiger partial charge in [0.25, 0.3) is 0 Å². The van der Waals surface area contributed by atoms with Crippen molar-refractivity contribution >= 4 is 5.91 Å². The molecular formula is C13H24N2O2. The minimum Gasteiger partial charge on any atom is -0.379 e. The average molecular weight is 240 g/mol. The number of nitrogens with zero attached hydrogens (tertiary/aromatic N) is 1. The molecule has 1 heterocycles. The molecule has 4 nitrogen and oxygen atoms in total. The van der Waals surface area contributed by atoms with Gasteiger partial charge in [-0.05, 0) is 18.8 Å². The molecule has 98 valence electrons. The lowest BCUT2D eigenvalue weighted by molar-refractivity contribution is -0.122. The van der Waals surface area contributed by atoms with E-state index >= 15 is 0 Å². The van der Waals surface area contributed by atoms with E-state index in [1.165, 1.54) is 0 Å². The molecule has 0 spiro atoms. The van der Waals surface area contributed by atoms with Crippen LogP contribution in [0.4, 0.5) is 0 Å². The summed E-state index contributed by atoms with van der Waals surface area (Å²) in [5, 5.41) is 3.10. The van der Waals surface area contributed by atoms with Crippen LogP contribution in [0.5, 0.6) is 0 Å². The van der Waals surface area contributed by atoms with Crippen LogP contribution in [-0.4, -0.2) is 49.7 Å². The van der Waals surface area contributed by atoms with Crippen LogP contribution in [0.3, 0.4) is 0 Å². The Labute approximate surface area is 104 Å². The van der Waals surface area contributed by atoms with Gasteiger partial charge in [0.05, 0.1) is 13.2 Å². The Hall–Kier alpha value is -0.610. The summed E-state index contributed by atoms with van der Waals surface area (Å²) in [5.74, 6) is 1.13. The summed E-state index contributed by atoms with van der Waals surface area (Å²) in [4.78, 5) is 14.1. The van der Waals surface area contributed by atoms with Gasteiger partial charge in [-0.3, -0.25) is 9.69 Å². The van der Waals surface area contributed by atoms with Gasteiger partial charge >= 0.3 is 0 Å². The Morgan fingerprint density at radius 2 is 2.00 bits per heavy atom. The molecular weight excluding hydrogens is 216 g/mol. The first-order valence-electron chi connectivity index (χ1n) is 6.78.